The molecule has 1 aliphatic carbocycles. The molecule has 1 amide bonds. The normalized spacial score (nSPS) is 32.9. The van der Waals surface area contributed by atoms with Crippen LogP contribution in [0.4, 0.5) is 4.79 Å². The van der Waals surface area contributed by atoms with E-state index in [1.54, 1.807) is 0 Å². The monoisotopic (exact) mass is 268 g/mol. The molecule has 0 aromatic rings. The van der Waals surface area contributed by atoms with Gasteiger partial charge in [0, 0.05) is 5.41 Å². The summed E-state index contributed by atoms with van der Waals surface area (Å²) in [6.45, 7) is 7.72. The third-order valence-electron chi connectivity index (χ3n) is 4.64. The summed E-state index contributed by atoms with van der Waals surface area (Å²) < 4.78 is 5.45. The van der Waals surface area contributed by atoms with Crippen molar-refractivity contribution < 1.29 is 14.4 Å². The number of ether oxygens (including phenoxy) is 1. The first kappa shape index (κ1) is 13.2. The van der Waals surface area contributed by atoms with Crippen LogP contribution in [0.5, 0.6) is 0 Å². The highest BCUT2D eigenvalue weighted by Crippen LogP contribution is 2.54. The van der Waals surface area contributed by atoms with Crippen LogP contribution in [0.3, 0.4) is 0 Å². The fourth-order valence-electron chi connectivity index (χ4n) is 3.84. The number of nitrogens with zero attached hydrogens (tertiary/aromatic N) is 1. The molecule has 2 aliphatic heterocycles. The molecule has 0 aromatic carbocycles. The minimum atomic E-state index is -0.469. The van der Waals surface area contributed by atoms with E-state index >= 15 is 0 Å². The quantitative estimate of drug-likeness (QED) is 0.730. The molecule has 1 unspecified atom stereocenters. The largest absolute Gasteiger partial charge is 0.442 e. The fraction of sp³-hybridized carbons (Fsp3) is 0.929. The van der Waals surface area contributed by atoms with Gasteiger partial charge in [-0.1, -0.05) is 0 Å². The zero-order valence-corrected chi connectivity index (χ0v) is 12.1. The van der Waals surface area contributed by atoms with Gasteiger partial charge in [0.1, 0.15) is 5.60 Å². The van der Waals surface area contributed by atoms with Crippen molar-refractivity contribution in [3.63, 3.8) is 0 Å². The second-order valence-electron chi connectivity index (χ2n) is 6.98. The summed E-state index contributed by atoms with van der Waals surface area (Å²) in [5, 5.41) is 4.93. The minimum absolute atomic E-state index is 0.169. The predicted octanol–water partition coefficient (Wildman–Crippen LogP) is 2.07. The Kier molecular flexibility index (Phi) is 3.02. The topological polar surface area (TPSA) is 50.8 Å². The number of carbonyl (C=O) groups is 1. The molecule has 3 aliphatic rings. The van der Waals surface area contributed by atoms with Gasteiger partial charge >= 0.3 is 6.09 Å². The van der Waals surface area contributed by atoms with Gasteiger partial charge in [0.25, 0.3) is 0 Å². The van der Waals surface area contributed by atoms with Crippen molar-refractivity contribution in [2.24, 2.45) is 5.41 Å². The lowest BCUT2D eigenvalue weighted by Crippen LogP contribution is -2.47. The summed E-state index contributed by atoms with van der Waals surface area (Å²) in [6, 6.07) is 0.203. The molecule has 5 nitrogen and oxygen atoms in total. The molecule has 3 rings (SSSR count). The molecular formula is C14H24N2O3. The molecule has 2 saturated heterocycles. The Morgan fingerprint density at radius 2 is 2.00 bits per heavy atom. The first-order chi connectivity index (χ1) is 8.92. The number of hydrogen-bond donors (Lipinski definition) is 1. The zero-order valence-electron chi connectivity index (χ0n) is 12.1. The standard InChI is InChI=1S/C14H24N2O3/c1-13(2,3)18-12(17)16-10-4-5-11(19-16)14(10)6-8-15-9-7-14/h10-11,15H,4-9H2,1-3H3/t10-,11?/m0/s1. The Balaban J connectivity index is 1.75. The number of hydroxylamine groups is 2. The summed E-state index contributed by atoms with van der Waals surface area (Å²) in [6.07, 6.45) is 4.20. The highest BCUT2D eigenvalue weighted by atomic mass is 16.7. The number of rotatable bonds is 0. The van der Waals surface area contributed by atoms with Crippen LogP contribution in [0.1, 0.15) is 46.5 Å². The first-order valence-electron chi connectivity index (χ1n) is 7.32. The average Bonchev–Trinajstić information content (AvgIpc) is 2.80. The Morgan fingerprint density at radius 3 is 2.63 bits per heavy atom. The summed E-state index contributed by atoms with van der Waals surface area (Å²) in [7, 11) is 0. The molecule has 2 heterocycles. The van der Waals surface area contributed by atoms with Crippen LogP contribution >= 0.6 is 0 Å². The van der Waals surface area contributed by atoms with Gasteiger partial charge in [0.15, 0.2) is 0 Å². The van der Waals surface area contributed by atoms with E-state index in [-0.39, 0.29) is 23.7 Å². The molecule has 108 valence electrons. The minimum Gasteiger partial charge on any atom is -0.442 e. The summed E-state index contributed by atoms with van der Waals surface area (Å²) >= 11 is 0. The Hall–Kier alpha value is -0.810. The van der Waals surface area contributed by atoms with Crippen molar-refractivity contribution in [3.05, 3.63) is 0 Å². The maximum Gasteiger partial charge on any atom is 0.434 e. The van der Waals surface area contributed by atoms with E-state index in [1.165, 1.54) is 5.06 Å². The van der Waals surface area contributed by atoms with Gasteiger partial charge in [-0.15, -0.1) is 0 Å². The molecule has 19 heavy (non-hydrogen) atoms. The third kappa shape index (κ3) is 2.13. The van der Waals surface area contributed by atoms with Crippen LogP contribution < -0.4 is 5.32 Å². The number of nitrogens with one attached hydrogen (secondary N) is 1. The lowest BCUT2D eigenvalue weighted by Gasteiger charge is -2.36. The van der Waals surface area contributed by atoms with Crippen molar-refractivity contribution in [3.8, 4) is 0 Å². The van der Waals surface area contributed by atoms with E-state index in [9.17, 15) is 4.79 Å². The van der Waals surface area contributed by atoms with Gasteiger partial charge < -0.3 is 10.1 Å². The van der Waals surface area contributed by atoms with E-state index in [1.807, 2.05) is 20.8 Å². The highest BCUT2D eigenvalue weighted by Gasteiger charge is 2.61. The molecule has 2 bridgehead atoms. The van der Waals surface area contributed by atoms with Crippen molar-refractivity contribution in [2.45, 2.75) is 64.2 Å². The number of piperidine rings is 1. The SMILES string of the molecule is CC(C)(C)OC(=O)N1OC2CC[C@H]1C21CCNCC1. The summed E-state index contributed by atoms with van der Waals surface area (Å²) in [4.78, 5) is 18.1. The number of amides is 1. The van der Waals surface area contributed by atoms with E-state index in [0.717, 1.165) is 38.8 Å². The van der Waals surface area contributed by atoms with Crippen LogP contribution in [-0.2, 0) is 9.57 Å². The van der Waals surface area contributed by atoms with Crippen molar-refractivity contribution in [1.29, 1.82) is 0 Å². The Morgan fingerprint density at radius 1 is 1.32 bits per heavy atom. The number of hydrogen-bond acceptors (Lipinski definition) is 4. The molecule has 1 saturated carbocycles. The molecule has 1 N–H and O–H groups in total. The van der Waals surface area contributed by atoms with Gasteiger partial charge in [-0.2, -0.15) is 5.06 Å². The second-order valence-corrected chi connectivity index (χ2v) is 6.98. The summed E-state index contributed by atoms with van der Waals surface area (Å²) in [5.41, 5.74) is -0.300. The fourth-order valence-corrected chi connectivity index (χ4v) is 3.84. The van der Waals surface area contributed by atoms with E-state index < -0.39 is 5.60 Å². The van der Waals surface area contributed by atoms with Crippen LogP contribution in [-0.4, -0.2) is 42.0 Å². The van der Waals surface area contributed by atoms with Crippen LogP contribution in [0.15, 0.2) is 0 Å². The van der Waals surface area contributed by atoms with Gasteiger partial charge in [0.05, 0.1) is 12.1 Å². The zero-order chi connectivity index (χ0) is 13.7. The molecule has 3 fully saturated rings. The van der Waals surface area contributed by atoms with Gasteiger partial charge in [0.2, 0.25) is 0 Å². The van der Waals surface area contributed by atoms with Crippen LogP contribution in [0, 0.1) is 5.41 Å². The molecule has 1 spiro atoms. The smallest absolute Gasteiger partial charge is 0.434 e. The van der Waals surface area contributed by atoms with Gasteiger partial charge in [-0.3, -0.25) is 4.84 Å². The van der Waals surface area contributed by atoms with Crippen molar-refractivity contribution >= 4 is 6.09 Å². The Labute approximate surface area is 114 Å². The van der Waals surface area contributed by atoms with E-state index in [4.69, 9.17) is 9.57 Å². The molecule has 2 atom stereocenters. The average molecular weight is 268 g/mol. The maximum atomic E-state index is 12.2. The third-order valence-corrected chi connectivity index (χ3v) is 4.64. The van der Waals surface area contributed by atoms with Gasteiger partial charge in [-0.25, -0.2) is 4.79 Å². The van der Waals surface area contributed by atoms with Crippen molar-refractivity contribution in [1.82, 2.24) is 10.4 Å². The Bertz CT molecular complexity index is 371. The van der Waals surface area contributed by atoms with Gasteiger partial charge in [-0.05, 0) is 59.5 Å². The highest BCUT2D eigenvalue weighted by molar-refractivity contribution is 5.68. The first-order valence-corrected chi connectivity index (χ1v) is 7.32. The van der Waals surface area contributed by atoms with E-state index in [2.05, 4.69) is 5.32 Å². The summed E-state index contributed by atoms with van der Waals surface area (Å²) in [5.74, 6) is 0. The lowest BCUT2D eigenvalue weighted by molar-refractivity contribution is -0.170. The second kappa shape index (κ2) is 4.35. The van der Waals surface area contributed by atoms with Crippen LogP contribution in [0.25, 0.3) is 0 Å². The predicted molar refractivity (Wildman–Crippen MR) is 70.5 cm³/mol. The number of carbonyl (C=O) groups excluding carboxylic acids is 1. The van der Waals surface area contributed by atoms with Crippen LogP contribution in [0.2, 0.25) is 0 Å². The molecule has 0 radical (unpaired) electrons. The molecular weight excluding hydrogens is 244 g/mol. The van der Waals surface area contributed by atoms with E-state index in [0.29, 0.717) is 0 Å². The lowest BCUT2D eigenvalue weighted by atomic mass is 9.74. The molecule has 5 heteroatoms. The van der Waals surface area contributed by atoms with Crippen molar-refractivity contribution in [2.75, 3.05) is 13.1 Å². The molecule has 0 aromatic heterocycles. The maximum absolute atomic E-state index is 12.2.